The monoisotopic (exact) mass is 441 g/mol. The fourth-order valence-electron chi connectivity index (χ4n) is 1.74. The molecule has 0 amide bonds. The summed E-state index contributed by atoms with van der Waals surface area (Å²) in [6.45, 7) is 1.82. The molecule has 0 saturated heterocycles. The molecule has 2 aromatic rings. The molecular weight excluding hydrogens is 430 g/mol. The third kappa shape index (κ3) is 3.92. The van der Waals surface area contributed by atoms with Crippen LogP contribution in [-0.4, -0.2) is 8.42 Å². The first-order chi connectivity index (χ1) is 10.1. The smallest absolute Gasteiger partial charge is 0.280 e. The quantitative estimate of drug-likeness (QED) is 0.718. The molecule has 0 aliphatic heterocycles. The minimum absolute atomic E-state index is 0.0491. The van der Waals surface area contributed by atoms with E-state index in [4.69, 9.17) is 0 Å². The zero-order valence-corrected chi connectivity index (χ0v) is 14.3. The van der Waals surface area contributed by atoms with E-state index in [1.807, 2.05) is 6.92 Å². The van der Waals surface area contributed by atoms with Crippen molar-refractivity contribution in [3.05, 3.63) is 57.2 Å². The second-order valence-electron chi connectivity index (χ2n) is 4.61. The van der Waals surface area contributed by atoms with E-state index in [0.29, 0.717) is 0 Å². The lowest BCUT2D eigenvalue weighted by atomic mass is 10.2. The summed E-state index contributed by atoms with van der Waals surface area (Å²) in [7, 11) is -3.83. The molecule has 0 bridgehead atoms. The summed E-state index contributed by atoms with van der Waals surface area (Å²) in [6, 6.07) is 9.26. The Kier molecular flexibility index (Phi) is 4.71. The van der Waals surface area contributed by atoms with Crippen LogP contribution in [0.4, 0.5) is 18.9 Å². The zero-order valence-electron chi connectivity index (χ0n) is 11.3. The van der Waals surface area contributed by atoms with Crippen molar-refractivity contribution in [2.24, 2.45) is 0 Å². The highest BCUT2D eigenvalue weighted by atomic mass is 127. The highest BCUT2D eigenvalue weighted by Gasteiger charge is 2.33. The molecule has 2 aromatic carbocycles. The van der Waals surface area contributed by atoms with Crippen LogP contribution in [0.15, 0.2) is 47.4 Å². The van der Waals surface area contributed by atoms with Gasteiger partial charge in [-0.3, -0.25) is 4.72 Å². The van der Waals surface area contributed by atoms with Crippen molar-refractivity contribution in [3.63, 3.8) is 0 Å². The van der Waals surface area contributed by atoms with E-state index >= 15 is 0 Å². The van der Waals surface area contributed by atoms with Crippen LogP contribution >= 0.6 is 22.6 Å². The van der Waals surface area contributed by atoms with Gasteiger partial charge in [0.25, 0.3) is 10.0 Å². The van der Waals surface area contributed by atoms with Crippen LogP contribution in [0.25, 0.3) is 0 Å². The summed E-state index contributed by atoms with van der Waals surface area (Å²) in [4.78, 5) is 0.0491. The maximum Gasteiger partial charge on any atom is 0.417 e. The summed E-state index contributed by atoms with van der Waals surface area (Å²) in [5.41, 5.74) is 0.187. The van der Waals surface area contributed by atoms with Gasteiger partial charge in [0.15, 0.2) is 0 Å². The number of anilines is 1. The number of halogens is 4. The van der Waals surface area contributed by atoms with Crippen molar-refractivity contribution >= 4 is 38.3 Å². The molecule has 0 fully saturated rings. The molecule has 3 nitrogen and oxygen atoms in total. The van der Waals surface area contributed by atoms with Crippen LogP contribution in [0.3, 0.4) is 0 Å². The molecule has 0 atom stereocenters. The zero-order chi connectivity index (χ0) is 16.5. The molecule has 0 aliphatic rings. The Balaban J connectivity index is 2.31. The Morgan fingerprint density at radius 1 is 1.05 bits per heavy atom. The molecule has 2 rings (SSSR count). The number of hydrogen-bond donors (Lipinski definition) is 1. The third-order valence-electron chi connectivity index (χ3n) is 2.86. The van der Waals surface area contributed by atoms with Crippen molar-refractivity contribution < 1.29 is 21.6 Å². The number of nitrogens with one attached hydrogen (secondary N) is 1. The lowest BCUT2D eigenvalue weighted by Crippen LogP contribution is -2.14. The highest BCUT2D eigenvalue weighted by Crippen LogP contribution is 2.34. The lowest BCUT2D eigenvalue weighted by Gasteiger charge is -2.12. The first kappa shape index (κ1) is 17.1. The second-order valence-corrected chi connectivity index (χ2v) is 7.46. The minimum Gasteiger partial charge on any atom is -0.280 e. The van der Waals surface area contributed by atoms with Crippen LogP contribution in [0.1, 0.15) is 11.1 Å². The number of rotatable bonds is 3. The molecule has 0 aromatic heterocycles. The Morgan fingerprint density at radius 2 is 1.64 bits per heavy atom. The number of alkyl halides is 3. The van der Waals surface area contributed by atoms with Crippen molar-refractivity contribution in [2.45, 2.75) is 18.0 Å². The van der Waals surface area contributed by atoms with E-state index < -0.39 is 21.8 Å². The van der Waals surface area contributed by atoms with E-state index in [1.54, 1.807) is 12.1 Å². The molecule has 1 N–H and O–H groups in total. The molecule has 0 spiro atoms. The fraction of sp³-hybridized carbons (Fsp3) is 0.143. The molecular formula is C14H11F3INO2S. The van der Waals surface area contributed by atoms with E-state index in [1.165, 1.54) is 34.7 Å². The Bertz CT molecular complexity index is 787. The number of sulfonamides is 1. The normalized spacial score (nSPS) is 12.2. The van der Waals surface area contributed by atoms with E-state index in [0.717, 1.165) is 23.8 Å². The summed E-state index contributed by atoms with van der Waals surface area (Å²) in [6.07, 6.45) is -4.47. The maximum atomic E-state index is 12.7. The molecule has 0 unspecified atom stereocenters. The summed E-state index contributed by atoms with van der Waals surface area (Å²) in [5, 5.41) is 0. The van der Waals surface area contributed by atoms with Gasteiger partial charge in [0.1, 0.15) is 0 Å². The SMILES string of the molecule is Cc1ccc(S(=O)(=O)Nc2ccc(C(F)(F)F)c(I)c2)cc1. The van der Waals surface area contributed by atoms with E-state index in [9.17, 15) is 21.6 Å². The van der Waals surface area contributed by atoms with Gasteiger partial charge in [0, 0.05) is 9.26 Å². The Morgan fingerprint density at radius 3 is 2.14 bits per heavy atom. The average Bonchev–Trinajstić information content (AvgIpc) is 2.37. The number of benzene rings is 2. The van der Waals surface area contributed by atoms with Crippen LogP contribution in [0.5, 0.6) is 0 Å². The van der Waals surface area contributed by atoms with Gasteiger partial charge >= 0.3 is 6.18 Å². The molecule has 0 radical (unpaired) electrons. The van der Waals surface area contributed by atoms with Gasteiger partial charge in [0.05, 0.1) is 10.5 Å². The topological polar surface area (TPSA) is 46.2 Å². The van der Waals surface area contributed by atoms with Gasteiger partial charge in [-0.1, -0.05) is 17.7 Å². The minimum atomic E-state index is -4.47. The first-order valence-electron chi connectivity index (χ1n) is 6.06. The van der Waals surface area contributed by atoms with Crippen molar-refractivity contribution in [1.82, 2.24) is 0 Å². The molecule has 22 heavy (non-hydrogen) atoms. The van der Waals surface area contributed by atoms with Gasteiger partial charge in [0.2, 0.25) is 0 Å². The number of aryl methyl sites for hydroxylation is 1. The van der Waals surface area contributed by atoms with Crippen LogP contribution in [0.2, 0.25) is 0 Å². The van der Waals surface area contributed by atoms with Gasteiger partial charge in [-0.15, -0.1) is 0 Å². The van der Waals surface area contributed by atoms with Gasteiger partial charge in [-0.05, 0) is 59.8 Å². The lowest BCUT2D eigenvalue weighted by molar-refractivity contribution is -0.138. The van der Waals surface area contributed by atoms with Crippen LogP contribution in [0, 0.1) is 10.5 Å². The third-order valence-corrected chi connectivity index (χ3v) is 5.15. The second kappa shape index (κ2) is 6.07. The summed E-state index contributed by atoms with van der Waals surface area (Å²) >= 11 is 1.53. The standard InChI is InChI=1S/C14H11F3INO2S/c1-9-2-5-11(6-3-9)22(20,21)19-10-4-7-12(13(18)8-10)14(15,16)17/h2-8,19H,1H3. The first-order valence-corrected chi connectivity index (χ1v) is 8.62. The molecule has 8 heteroatoms. The predicted octanol–water partition coefficient (Wildman–Crippen LogP) is 4.42. The summed E-state index contributed by atoms with van der Waals surface area (Å²) < 4.78 is 64.6. The number of hydrogen-bond acceptors (Lipinski definition) is 2. The van der Waals surface area contributed by atoms with Crippen molar-refractivity contribution in [3.8, 4) is 0 Å². The molecule has 0 saturated carbocycles. The highest BCUT2D eigenvalue weighted by molar-refractivity contribution is 14.1. The summed E-state index contributed by atoms with van der Waals surface area (Å²) in [5.74, 6) is 0. The van der Waals surface area contributed by atoms with E-state index in [-0.39, 0.29) is 14.2 Å². The van der Waals surface area contributed by atoms with Crippen molar-refractivity contribution in [1.29, 1.82) is 0 Å². The maximum absolute atomic E-state index is 12.7. The molecule has 118 valence electrons. The van der Waals surface area contributed by atoms with E-state index in [2.05, 4.69) is 4.72 Å². The Labute approximate surface area is 139 Å². The van der Waals surface area contributed by atoms with Gasteiger partial charge in [-0.2, -0.15) is 13.2 Å². The molecule has 0 heterocycles. The fourth-order valence-corrected chi connectivity index (χ4v) is 3.61. The van der Waals surface area contributed by atoms with Gasteiger partial charge in [-0.25, -0.2) is 8.42 Å². The van der Waals surface area contributed by atoms with Crippen LogP contribution < -0.4 is 4.72 Å². The van der Waals surface area contributed by atoms with Crippen molar-refractivity contribution in [2.75, 3.05) is 4.72 Å². The largest absolute Gasteiger partial charge is 0.417 e. The predicted molar refractivity (Wildman–Crippen MR) is 86.1 cm³/mol. The Hall–Kier alpha value is -1.29. The average molecular weight is 441 g/mol. The van der Waals surface area contributed by atoms with Crippen LogP contribution in [-0.2, 0) is 16.2 Å². The van der Waals surface area contributed by atoms with Gasteiger partial charge < -0.3 is 0 Å². The molecule has 0 aliphatic carbocycles.